The van der Waals surface area contributed by atoms with E-state index in [1.54, 1.807) is 23.1 Å². The highest BCUT2D eigenvalue weighted by atomic mass is 35.5. The monoisotopic (exact) mass is 554 g/mol. The molecule has 0 bridgehead atoms. The molecule has 0 saturated carbocycles. The third-order valence-electron chi connectivity index (χ3n) is 6.22. The number of halogens is 2. The Kier molecular flexibility index (Phi) is 8.85. The van der Waals surface area contributed by atoms with Gasteiger partial charge in [0.25, 0.3) is 0 Å². The topological polar surface area (TPSA) is 67.9 Å². The normalized spacial score (nSPS) is 13.2. The molecule has 0 unspecified atom stereocenters. The number of carbonyl (C=O) groups excluding carboxylic acids is 2. The van der Waals surface area contributed by atoms with Crippen molar-refractivity contribution in [3.05, 3.63) is 93.5 Å². The average molecular weight is 556 g/mol. The Morgan fingerprint density at radius 2 is 1.61 bits per heavy atom. The predicted molar refractivity (Wildman–Crippen MR) is 150 cm³/mol. The number of hydrogen-bond donors (Lipinski definition) is 1. The van der Waals surface area contributed by atoms with E-state index in [2.05, 4.69) is 5.32 Å². The Morgan fingerprint density at radius 3 is 2.29 bits per heavy atom. The van der Waals surface area contributed by atoms with E-state index < -0.39 is 11.6 Å². The molecule has 0 aromatic heterocycles. The number of fused-ring (bicyclic) bond motifs is 1. The Bertz CT molecular complexity index is 1270. The van der Waals surface area contributed by atoms with Crippen molar-refractivity contribution in [2.45, 2.75) is 58.2 Å². The largest absolute Gasteiger partial charge is 0.454 e. The van der Waals surface area contributed by atoms with Crippen LogP contribution >= 0.6 is 23.2 Å². The van der Waals surface area contributed by atoms with Crippen LogP contribution in [-0.4, -0.2) is 35.1 Å². The van der Waals surface area contributed by atoms with Gasteiger partial charge in [0.1, 0.15) is 6.04 Å². The minimum atomic E-state index is -0.770. The van der Waals surface area contributed by atoms with E-state index in [9.17, 15) is 9.59 Å². The number of amides is 2. The highest BCUT2D eigenvalue weighted by Gasteiger charge is 2.33. The number of nitrogens with zero attached hydrogens (tertiary/aromatic N) is 1. The molecule has 0 spiro atoms. The van der Waals surface area contributed by atoms with Crippen molar-refractivity contribution < 1.29 is 19.1 Å². The van der Waals surface area contributed by atoms with Crippen LogP contribution in [0.1, 0.15) is 43.9 Å². The number of ether oxygens (including phenoxy) is 2. The number of nitrogens with one attached hydrogen (secondary N) is 1. The standard InChI is InChI=1S/C30H32Cl2N2O4/c1-30(2,3)33-29(36)25(16-20-8-5-4-6-9-20)34(18-22-23(31)10-7-11-24(22)32)28(35)15-13-21-12-14-26-27(17-21)38-19-37-26/h4-12,14,17,25H,13,15-16,18-19H2,1-3H3,(H,33,36)/t25-/m1/s1. The molecule has 1 aliphatic heterocycles. The van der Waals surface area contributed by atoms with E-state index in [0.29, 0.717) is 39.9 Å². The van der Waals surface area contributed by atoms with Gasteiger partial charge in [-0.25, -0.2) is 0 Å². The molecule has 0 radical (unpaired) electrons. The maximum absolute atomic E-state index is 13.9. The third kappa shape index (κ3) is 7.21. The Hall–Kier alpha value is -3.22. The van der Waals surface area contributed by atoms with Crippen LogP contribution in [0.4, 0.5) is 0 Å². The second-order valence-corrected chi connectivity index (χ2v) is 11.2. The summed E-state index contributed by atoms with van der Waals surface area (Å²) in [5.74, 6) is 0.947. The van der Waals surface area contributed by atoms with Crippen molar-refractivity contribution in [2.24, 2.45) is 0 Å². The van der Waals surface area contributed by atoms with Crippen molar-refractivity contribution in [3.63, 3.8) is 0 Å². The quantitative estimate of drug-likeness (QED) is 0.341. The van der Waals surface area contributed by atoms with Crippen LogP contribution in [-0.2, 0) is 29.0 Å². The van der Waals surface area contributed by atoms with Crippen LogP contribution < -0.4 is 14.8 Å². The summed E-state index contributed by atoms with van der Waals surface area (Å²) in [5, 5.41) is 3.95. The summed E-state index contributed by atoms with van der Waals surface area (Å²) in [7, 11) is 0. The van der Waals surface area contributed by atoms with Gasteiger partial charge in [0.05, 0.1) is 0 Å². The first-order chi connectivity index (χ1) is 18.1. The summed E-state index contributed by atoms with van der Waals surface area (Å²) in [6, 6.07) is 19.8. The fraction of sp³-hybridized carbons (Fsp3) is 0.333. The molecule has 1 atom stereocenters. The van der Waals surface area contributed by atoms with Gasteiger partial charge >= 0.3 is 0 Å². The number of carbonyl (C=O) groups is 2. The molecule has 4 rings (SSSR count). The zero-order valence-electron chi connectivity index (χ0n) is 21.8. The second-order valence-electron chi connectivity index (χ2n) is 10.4. The van der Waals surface area contributed by atoms with E-state index in [4.69, 9.17) is 32.7 Å². The summed E-state index contributed by atoms with van der Waals surface area (Å²) in [6.45, 7) is 6.05. The van der Waals surface area contributed by atoms with Crippen molar-refractivity contribution in [1.82, 2.24) is 10.2 Å². The molecule has 38 heavy (non-hydrogen) atoms. The Morgan fingerprint density at radius 1 is 0.921 bits per heavy atom. The molecule has 3 aromatic rings. The molecule has 3 aromatic carbocycles. The van der Waals surface area contributed by atoms with Crippen molar-refractivity contribution in [1.29, 1.82) is 0 Å². The maximum atomic E-state index is 13.9. The lowest BCUT2D eigenvalue weighted by molar-refractivity contribution is -0.141. The van der Waals surface area contributed by atoms with Crippen LogP contribution in [0.3, 0.4) is 0 Å². The van der Waals surface area contributed by atoms with Gasteiger partial charge in [0.2, 0.25) is 18.6 Å². The predicted octanol–water partition coefficient (Wildman–Crippen LogP) is 6.21. The highest BCUT2D eigenvalue weighted by molar-refractivity contribution is 6.36. The number of benzene rings is 3. The van der Waals surface area contributed by atoms with Crippen LogP contribution in [0.5, 0.6) is 11.5 Å². The Labute approximate surface area is 233 Å². The Balaban J connectivity index is 1.65. The van der Waals surface area contributed by atoms with Crippen molar-refractivity contribution in [3.8, 4) is 11.5 Å². The first-order valence-electron chi connectivity index (χ1n) is 12.6. The van der Waals surface area contributed by atoms with Crippen molar-refractivity contribution in [2.75, 3.05) is 6.79 Å². The van der Waals surface area contributed by atoms with E-state index >= 15 is 0 Å². The molecule has 200 valence electrons. The van der Waals surface area contributed by atoms with E-state index in [-0.39, 0.29) is 31.6 Å². The van der Waals surface area contributed by atoms with Gasteiger partial charge < -0.3 is 19.7 Å². The molecule has 8 heteroatoms. The zero-order chi connectivity index (χ0) is 27.3. The van der Waals surface area contributed by atoms with E-state index in [1.807, 2.05) is 69.3 Å². The third-order valence-corrected chi connectivity index (χ3v) is 6.93. The smallest absolute Gasteiger partial charge is 0.243 e. The fourth-order valence-electron chi connectivity index (χ4n) is 4.35. The average Bonchev–Trinajstić information content (AvgIpc) is 3.34. The number of rotatable bonds is 9. The molecule has 0 aliphatic carbocycles. The highest BCUT2D eigenvalue weighted by Crippen LogP contribution is 2.33. The lowest BCUT2D eigenvalue weighted by Crippen LogP contribution is -2.54. The molecule has 2 amide bonds. The van der Waals surface area contributed by atoms with Crippen LogP contribution in [0.15, 0.2) is 66.7 Å². The molecule has 0 saturated heterocycles. The van der Waals surface area contributed by atoms with Crippen LogP contribution in [0.2, 0.25) is 10.0 Å². The number of hydrogen-bond acceptors (Lipinski definition) is 4. The molecule has 1 N–H and O–H groups in total. The first kappa shape index (κ1) is 27.8. The van der Waals surface area contributed by atoms with Gasteiger partial charge in [0.15, 0.2) is 11.5 Å². The molecule has 1 heterocycles. The van der Waals surface area contributed by atoms with Gasteiger partial charge in [0, 0.05) is 40.5 Å². The van der Waals surface area contributed by atoms with E-state index in [0.717, 1.165) is 11.1 Å². The zero-order valence-corrected chi connectivity index (χ0v) is 23.3. The summed E-state index contributed by atoms with van der Waals surface area (Å²) in [6.07, 6.45) is 1.01. The summed E-state index contributed by atoms with van der Waals surface area (Å²) in [5.41, 5.74) is 2.02. The first-order valence-corrected chi connectivity index (χ1v) is 13.3. The molecule has 0 fully saturated rings. The second kappa shape index (κ2) is 12.1. The SMILES string of the molecule is CC(C)(C)NC(=O)[C@@H](Cc1ccccc1)N(Cc1c(Cl)cccc1Cl)C(=O)CCc1ccc2c(c1)OCO2. The lowest BCUT2D eigenvalue weighted by atomic mass is 9.99. The van der Waals surface area contributed by atoms with Crippen LogP contribution in [0.25, 0.3) is 0 Å². The molecular weight excluding hydrogens is 523 g/mol. The van der Waals surface area contributed by atoms with Crippen LogP contribution in [0, 0.1) is 0 Å². The van der Waals surface area contributed by atoms with Crippen molar-refractivity contribution >= 4 is 35.0 Å². The van der Waals surface area contributed by atoms with Gasteiger partial charge in [-0.05, 0) is 62.6 Å². The molecule has 1 aliphatic rings. The van der Waals surface area contributed by atoms with Gasteiger partial charge in [-0.2, -0.15) is 0 Å². The molecular formula is C30H32Cl2N2O4. The summed E-state index contributed by atoms with van der Waals surface area (Å²) < 4.78 is 10.9. The molecule has 6 nitrogen and oxygen atoms in total. The lowest BCUT2D eigenvalue weighted by Gasteiger charge is -2.34. The maximum Gasteiger partial charge on any atom is 0.243 e. The minimum absolute atomic E-state index is 0.105. The summed E-state index contributed by atoms with van der Waals surface area (Å²) >= 11 is 13.0. The van der Waals surface area contributed by atoms with Gasteiger partial charge in [-0.3, -0.25) is 9.59 Å². The fourth-order valence-corrected chi connectivity index (χ4v) is 4.87. The minimum Gasteiger partial charge on any atom is -0.454 e. The van der Waals surface area contributed by atoms with Gasteiger partial charge in [-0.1, -0.05) is 65.7 Å². The summed E-state index contributed by atoms with van der Waals surface area (Å²) in [4.78, 5) is 29.2. The number of aryl methyl sites for hydroxylation is 1. The van der Waals surface area contributed by atoms with Gasteiger partial charge in [-0.15, -0.1) is 0 Å². The van der Waals surface area contributed by atoms with E-state index in [1.165, 1.54) is 0 Å².